The minimum Gasteiger partial charge on any atom is -0.477 e. The summed E-state index contributed by atoms with van der Waals surface area (Å²) >= 11 is 0. The van der Waals surface area contributed by atoms with Crippen molar-refractivity contribution in [3.8, 4) is 5.75 Å². The predicted molar refractivity (Wildman–Crippen MR) is 69.1 cm³/mol. The molecule has 1 aliphatic rings. The van der Waals surface area contributed by atoms with Crippen LogP contribution in [0.4, 0.5) is 5.82 Å². The largest absolute Gasteiger partial charge is 0.477 e. The Balaban J connectivity index is 1.89. The summed E-state index contributed by atoms with van der Waals surface area (Å²) in [5.41, 5.74) is 5.66. The summed E-state index contributed by atoms with van der Waals surface area (Å²) in [6.07, 6.45) is 5.54. The van der Waals surface area contributed by atoms with E-state index in [0.29, 0.717) is 17.6 Å². The maximum atomic E-state index is 11.9. The third kappa shape index (κ3) is 3.12. The average Bonchev–Trinajstić information content (AvgIpc) is 2.84. The fraction of sp³-hybridized carbons (Fsp3) is 0.538. The van der Waals surface area contributed by atoms with Gasteiger partial charge in [0, 0.05) is 12.2 Å². The molecule has 1 fully saturated rings. The molecule has 1 atom stereocenters. The van der Waals surface area contributed by atoms with Crippen molar-refractivity contribution < 1.29 is 9.53 Å². The molecule has 1 saturated carbocycles. The maximum absolute atomic E-state index is 11.9. The lowest BCUT2D eigenvalue weighted by Crippen LogP contribution is -2.41. The van der Waals surface area contributed by atoms with Crippen molar-refractivity contribution in [2.24, 2.45) is 0 Å². The van der Waals surface area contributed by atoms with E-state index < -0.39 is 6.10 Å². The molecular weight excluding hydrogens is 230 g/mol. The van der Waals surface area contributed by atoms with E-state index in [2.05, 4.69) is 10.3 Å². The lowest BCUT2D eigenvalue weighted by atomic mass is 10.2. The zero-order chi connectivity index (χ0) is 13.0. The van der Waals surface area contributed by atoms with Crippen molar-refractivity contribution in [1.82, 2.24) is 10.3 Å². The Morgan fingerprint density at radius 3 is 2.94 bits per heavy atom. The number of nitrogens with one attached hydrogen (secondary N) is 1. The van der Waals surface area contributed by atoms with E-state index in [4.69, 9.17) is 10.5 Å². The number of anilines is 1. The molecule has 5 nitrogen and oxygen atoms in total. The minimum atomic E-state index is -0.558. The van der Waals surface area contributed by atoms with Gasteiger partial charge in [0.2, 0.25) is 0 Å². The Morgan fingerprint density at radius 2 is 2.28 bits per heavy atom. The number of rotatable bonds is 4. The second kappa shape index (κ2) is 5.71. The third-order valence-electron chi connectivity index (χ3n) is 3.17. The van der Waals surface area contributed by atoms with Crippen LogP contribution in [0.3, 0.4) is 0 Å². The topological polar surface area (TPSA) is 77.2 Å². The van der Waals surface area contributed by atoms with Gasteiger partial charge in [-0.25, -0.2) is 4.98 Å². The van der Waals surface area contributed by atoms with Crippen molar-refractivity contribution in [1.29, 1.82) is 0 Å². The van der Waals surface area contributed by atoms with E-state index in [1.54, 1.807) is 25.3 Å². The lowest BCUT2D eigenvalue weighted by Gasteiger charge is -2.18. The first-order valence-electron chi connectivity index (χ1n) is 6.34. The fourth-order valence-electron chi connectivity index (χ4n) is 2.14. The molecule has 0 bridgehead atoms. The monoisotopic (exact) mass is 249 g/mol. The number of carbonyl (C=O) groups is 1. The zero-order valence-electron chi connectivity index (χ0n) is 10.6. The first-order valence-corrected chi connectivity index (χ1v) is 6.34. The number of amides is 1. The van der Waals surface area contributed by atoms with Crippen molar-refractivity contribution in [2.45, 2.75) is 44.8 Å². The summed E-state index contributed by atoms with van der Waals surface area (Å²) in [6.45, 7) is 1.72. The van der Waals surface area contributed by atoms with Gasteiger partial charge < -0.3 is 15.8 Å². The molecule has 2 rings (SSSR count). The van der Waals surface area contributed by atoms with E-state index in [1.807, 2.05) is 0 Å². The van der Waals surface area contributed by atoms with Gasteiger partial charge in [0.05, 0.1) is 0 Å². The third-order valence-corrected chi connectivity index (χ3v) is 3.17. The Kier molecular flexibility index (Phi) is 4.02. The van der Waals surface area contributed by atoms with E-state index in [1.165, 1.54) is 12.8 Å². The highest BCUT2D eigenvalue weighted by Crippen LogP contribution is 2.20. The summed E-state index contributed by atoms with van der Waals surface area (Å²) in [6, 6.07) is 3.74. The highest BCUT2D eigenvalue weighted by molar-refractivity contribution is 5.81. The van der Waals surface area contributed by atoms with Gasteiger partial charge in [-0.2, -0.15) is 0 Å². The molecule has 5 heteroatoms. The van der Waals surface area contributed by atoms with Crippen molar-refractivity contribution in [2.75, 3.05) is 5.73 Å². The highest BCUT2D eigenvalue weighted by atomic mass is 16.5. The number of carbonyl (C=O) groups excluding carboxylic acids is 1. The van der Waals surface area contributed by atoms with Crippen LogP contribution in [0.15, 0.2) is 18.3 Å². The molecule has 0 radical (unpaired) electrons. The quantitative estimate of drug-likeness (QED) is 0.847. The first kappa shape index (κ1) is 12.7. The van der Waals surface area contributed by atoms with Crippen LogP contribution >= 0.6 is 0 Å². The summed E-state index contributed by atoms with van der Waals surface area (Å²) < 4.78 is 5.52. The SMILES string of the molecule is CC(Oc1cccnc1N)C(=O)NC1CCCC1. The molecule has 0 saturated heterocycles. The van der Waals surface area contributed by atoms with Gasteiger partial charge >= 0.3 is 0 Å². The number of hydrogen-bond donors (Lipinski definition) is 2. The smallest absolute Gasteiger partial charge is 0.260 e. The molecule has 1 aromatic heterocycles. The maximum Gasteiger partial charge on any atom is 0.260 e. The van der Waals surface area contributed by atoms with Crippen molar-refractivity contribution in [3.05, 3.63) is 18.3 Å². The van der Waals surface area contributed by atoms with Gasteiger partial charge in [-0.3, -0.25) is 4.79 Å². The number of nitrogens with zero attached hydrogens (tertiary/aromatic N) is 1. The van der Waals surface area contributed by atoms with Gasteiger partial charge in [-0.05, 0) is 31.9 Å². The van der Waals surface area contributed by atoms with E-state index in [0.717, 1.165) is 12.8 Å². The van der Waals surface area contributed by atoms with Crippen LogP contribution in [0.5, 0.6) is 5.75 Å². The normalized spacial score (nSPS) is 17.4. The van der Waals surface area contributed by atoms with Crippen LogP contribution < -0.4 is 15.8 Å². The van der Waals surface area contributed by atoms with Crippen LogP contribution in [-0.2, 0) is 4.79 Å². The summed E-state index contributed by atoms with van der Waals surface area (Å²) in [4.78, 5) is 15.8. The average molecular weight is 249 g/mol. The minimum absolute atomic E-state index is 0.0925. The molecule has 0 aromatic carbocycles. The number of aromatic nitrogens is 1. The molecule has 98 valence electrons. The van der Waals surface area contributed by atoms with Crippen LogP contribution in [0.2, 0.25) is 0 Å². The van der Waals surface area contributed by atoms with Crippen LogP contribution in [0, 0.1) is 0 Å². The Labute approximate surface area is 107 Å². The fourth-order valence-corrected chi connectivity index (χ4v) is 2.14. The predicted octanol–water partition coefficient (Wildman–Crippen LogP) is 1.49. The highest BCUT2D eigenvalue weighted by Gasteiger charge is 2.22. The standard InChI is InChI=1S/C13H19N3O2/c1-9(13(17)16-10-5-2-3-6-10)18-11-7-4-8-15-12(11)14/h4,7-10H,2-3,5-6H2,1H3,(H2,14,15)(H,16,17). The number of pyridine rings is 1. The number of hydrogen-bond acceptors (Lipinski definition) is 4. The van der Waals surface area contributed by atoms with Crippen LogP contribution in [-0.4, -0.2) is 23.0 Å². The zero-order valence-corrected chi connectivity index (χ0v) is 10.6. The molecular formula is C13H19N3O2. The summed E-state index contributed by atoms with van der Waals surface area (Å²) in [7, 11) is 0. The second-order valence-corrected chi connectivity index (χ2v) is 4.64. The van der Waals surface area contributed by atoms with E-state index >= 15 is 0 Å². The molecule has 3 N–H and O–H groups in total. The van der Waals surface area contributed by atoms with Gasteiger partial charge in [-0.15, -0.1) is 0 Å². The summed E-state index contributed by atoms with van der Waals surface area (Å²) in [5, 5.41) is 2.99. The van der Waals surface area contributed by atoms with Crippen LogP contribution in [0.1, 0.15) is 32.6 Å². The molecule has 0 spiro atoms. The second-order valence-electron chi connectivity index (χ2n) is 4.64. The number of nitrogen functional groups attached to an aromatic ring is 1. The Bertz CT molecular complexity index is 416. The van der Waals surface area contributed by atoms with Gasteiger partial charge in [0.15, 0.2) is 17.7 Å². The first-order chi connectivity index (χ1) is 8.66. The molecule has 1 aromatic rings. The number of nitrogens with two attached hydrogens (primary N) is 1. The Hall–Kier alpha value is -1.78. The molecule has 1 amide bonds. The molecule has 1 aliphatic carbocycles. The van der Waals surface area contributed by atoms with E-state index in [-0.39, 0.29) is 5.91 Å². The summed E-state index contributed by atoms with van der Waals surface area (Å²) in [5.74, 6) is 0.662. The van der Waals surface area contributed by atoms with Gasteiger partial charge in [0.25, 0.3) is 5.91 Å². The molecule has 18 heavy (non-hydrogen) atoms. The van der Waals surface area contributed by atoms with Crippen LogP contribution in [0.25, 0.3) is 0 Å². The number of ether oxygens (including phenoxy) is 1. The van der Waals surface area contributed by atoms with Crippen molar-refractivity contribution in [3.63, 3.8) is 0 Å². The molecule has 1 heterocycles. The molecule has 0 aliphatic heterocycles. The molecule has 1 unspecified atom stereocenters. The van der Waals surface area contributed by atoms with Gasteiger partial charge in [0.1, 0.15) is 0 Å². The van der Waals surface area contributed by atoms with Crippen molar-refractivity contribution >= 4 is 11.7 Å². The van der Waals surface area contributed by atoms with Gasteiger partial charge in [-0.1, -0.05) is 12.8 Å². The van der Waals surface area contributed by atoms with E-state index in [9.17, 15) is 4.79 Å². The lowest BCUT2D eigenvalue weighted by molar-refractivity contribution is -0.127. The Morgan fingerprint density at radius 1 is 1.56 bits per heavy atom.